The van der Waals surface area contributed by atoms with E-state index in [4.69, 9.17) is 5.11 Å². The molecule has 0 amide bonds. The molecule has 68 valence electrons. The minimum atomic E-state index is -1.14. The van der Waals surface area contributed by atoms with Crippen LogP contribution in [-0.4, -0.2) is 23.1 Å². The molecule has 0 aliphatic carbocycles. The number of Topliss-reactive ketones (excluding diaryl/α,β-unsaturated/α-hetero) is 1. The topological polar surface area (TPSA) is 71.4 Å². The lowest BCUT2D eigenvalue weighted by Gasteiger charge is -2.06. The Labute approximate surface area is 70.6 Å². The highest BCUT2D eigenvalue weighted by molar-refractivity contribution is 6.02. The Kier molecular flexibility index (Phi) is 4.92. The standard InChI is InChI=1S/C8H12O4/c1-2-3-6(8(11)12)7(10)4-5-9/h5-6H,2-4H2,1H3,(H,11,12). The highest BCUT2D eigenvalue weighted by Gasteiger charge is 2.23. The van der Waals surface area contributed by atoms with Crippen molar-refractivity contribution in [3.05, 3.63) is 0 Å². The van der Waals surface area contributed by atoms with Gasteiger partial charge in [0, 0.05) is 0 Å². The molecule has 0 fully saturated rings. The number of aliphatic carboxylic acids is 1. The van der Waals surface area contributed by atoms with Gasteiger partial charge in [0.25, 0.3) is 0 Å². The number of ketones is 1. The van der Waals surface area contributed by atoms with Crippen molar-refractivity contribution in [2.24, 2.45) is 5.92 Å². The van der Waals surface area contributed by atoms with Crippen LogP contribution in [0.5, 0.6) is 0 Å². The first-order valence-electron chi connectivity index (χ1n) is 3.82. The number of carboxylic acids is 1. The van der Waals surface area contributed by atoms with Crippen molar-refractivity contribution in [1.29, 1.82) is 0 Å². The van der Waals surface area contributed by atoms with Crippen molar-refractivity contribution in [1.82, 2.24) is 0 Å². The maximum Gasteiger partial charge on any atom is 0.314 e. The summed E-state index contributed by atoms with van der Waals surface area (Å²) < 4.78 is 0. The van der Waals surface area contributed by atoms with Crippen LogP contribution >= 0.6 is 0 Å². The van der Waals surface area contributed by atoms with Gasteiger partial charge < -0.3 is 9.90 Å². The van der Waals surface area contributed by atoms with Crippen molar-refractivity contribution in [3.63, 3.8) is 0 Å². The highest BCUT2D eigenvalue weighted by atomic mass is 16.4. The summed E-state index contributed by atoms with van der Waals surface area (Å²) >= 11 is 0. The minimum absolute atomic E-state index is 0.295. The van der Waals surface area contributed by atoms with E-state index in [1.807, 2.05) is 0 Å². The minimum Gasteiger partial charge on any atom is -0.481 e. The Hall–Kier alpha value is -1.19. The number of carbonyl (C=O) groups excluding carboxylic acids is 2. The van der Waals surface area contributed by atoms with E-state index in [-0.39, 0.29) is 6.42 Å². The van der Waals surface area contributed by atoms with Gasteiger partial charge in [0.05, 0.1) is 6.42 Å². The van der Waals surface area contributed by atoms with E-state index in [0.29, 0.717) is 19.1 Å². The van der Waals surface area contributed by atoms with E-state index in [9.17, 15) is 14.4 Å². The lowest BCUT2D eigenvalue weighted by molar-refractivity contribution is -0.146. The first-order valence-corrected chi connectivity index (χ1v) is 3.82. The monoisotopic (exact) mass is 172 g/mol. The molecule has 4 heteroatoms. The average Bonchev–Trinajstić information content (AvgIpc) is 1.99. The number of hydrogen-bond acceptors (Lipinski definition) is 3. The zero-order chi connectivity index (χ0) is 9.56. The first kappa shape index (κ1) is 10.8. The van der Waals surface area contributed by atoms with Gasteiger partial charge in [-0.05, 0) is 6.42 Å². The lowest BCUT2D eigenvalue weighted by atomic mass is 9.97. The van der Waals surface area contributed by atoms with Crippen LogP contribution in [0.3, 0.4) is 0 Å². The van der Waals surface area contributed by atoms with Crippen molar-refractivity contribution >= 4 is 18.0 Å². The van der Waals surface area contributed by atoms with Crippen LogP contribution in [0.25, 0.3) is 0 Å². The summed E-state index contributed by atoms with van der Waals surface area (Å²) in [5.74, 6) is -2.64. The Morgan fingerprint density at radius 3 is 2.42 bits per heavy atom. The van der Waals surface area contributed by atoms with E-state index in [2.05, 4.69) is 0 Å². The molecular weight excluding hydrogens is 160 g/mol. The molecule has 12 heavy (non-hydrogen) atoms. The fourth-order valence-corrected chi connectivity index (χ4v) is 0.935. The molecule has 0 aliphatic rings. The van der Waals surface area contributed by atoms with Crippen LogP contribution in [0.15, 0.2) is 0 Å². The molecule has 0 spiro atoms. The van der Waals surface area contributed by atoms with E-state index < -0.39 is 17.7 Å². The predicted octanol–water partition coefficient (Wildman–Crippen LogP) is 0.645. The molecular formula is C8H12O4. The molecule has 1 atom stereocenters. The van der Waals surface area contributed by atoms with Crippen LogP contribution in [0.2, 0.25) is 0 Å². The normalized spacial score (nSPS) is 12.1. The van der Waals surface area contributed by atoms with Gasteiger partial charge in [0.1, 0.15) is 12.2 Å². The second-order valence-electron chi connectivity index (χ2n) is 2.52. The Balaban J connectivity index is 4.18. The molecule has 0 saturated carbocycles. The number of rotatable bonds is 6. The number of hydrogen-bond donors (Lipinski definition) is 1. The molecule has 4 nitrogen and oxygen atoms in total. The molecule has 0 heterocycles. The molecule has 1 N–H and O–H groups in total. The van der Waals surface area contributed by atoms with Gasteiger partial charge in [0.2, 0.25) is 0 Å². The molecule has 1 unspecified atom stereocenters. The summed E-state index contributed by atoms with van der Waals surface area (Å²) in [6.07, 6.45) is 1.08. The van der Waals surface area contributed by atoms with Crippen LogP contribution < -0.4 is 0 Å². The summed E-state index contributed by atoms with van der Waals surface area (Å²) in [5.41, 5.74) is 0. The molecule has 0 aromatic carbocycles. The first-order chi connectivity index (χ1) is 5.63. The smallest absolute Gasteiger partial charge is 0.314 e. The third kappa shape index (κ3) is 3.27. The average molecular weight is 172 g/mol. The zero-order valence-electron chi connectivity index (χ0n) is 6.95. The van der Waals surface area contributed by atoms with Crippen molar-refractivity contribution in [2.45, 2.75) is 26.2 Å². The molecule has 0 rings (SSSR count). The Bertz CT molecular complexity index is 185. The molecule has 0 saturated heterocycles. The fraction of sp³-hybridized carbons (Fsp3) is 0.625. The number of aldehydes is 1. The van der Waals surface area contributed by atoms with Gasteiger partial charge in [-0.3, -0.25) is 9.59 Å². The van der Waals surface area contributed by atoms with Crippen LogP contribution in [-0.2, 0) is 14.4 Å². The van der Waals surface area contributed by atoms with Crippen molar-refractivity contribution in [3.8, 4) is 0 Å². The maximum atomic E-state index is 11.0. The second kappa shape index (κ2) is 5.46. The number of carbonyl (C=O) groups is 3. The molecule has 0 aliphatic heterocycles. The molecule has 0 radical (unpaired) electrons. The maximum absolute atomic E-state index is 11.0. The molecule has 0 aromatic rings. The van der Waals surface area contributed by atoms with Gasteiger partial charge in [0.15, 0.2) is 5.78 Å². The van der Waals surface area contributed by atoms with Gasteiger partial charge >= 0.3 is 5.97 Å². The fourth-order valence-electron chi connectivity index (χ4n) is 0.935. The number of carboxylic acid groups (broad SMARTS) is 1. The third-order valence-corrected chi connectivity index (χ3v) is 1.55. The van der Waals surface area contributed by atoms with Crippen molar-refractivity contribution < 1.29 is 19.5 Å². The molecule has 0 aromatic heterocycles. The van der Waals surface area contributed by atoms with E-state index in [0.717, 1.165) is 0 Å². The molecule has 0 bridgehead atoms. The summed E-state index contributed by atoms with van der Waals surface area (Å²) in [7, 11) is 0. The third-order valence-electron chi connectivity index (χ3n) is 1.55. The SMILES string of the molecule is CCCC(C(=O)O)C(=O)CC=O. The largest absolute Gasteiger partial charge is 0.481 e. The highest BCUT2D eigenvalue weighted by Crippen LogP contribution is 2.09. The van der Waals surface area contributed by atoms with Gasteiger partial charge in [-0.15, -0.1) is 0 Å². The lowest BCUT2D eigenvalue weighted by Crippen LogP contribution is -2.23. The summed E-state index contributed by atoms with van der Waals surface area (Å²) in [4.78, 5) is 31.4. The predicted molar refractivity (Wildman–Crippen MR) is 41.7 cm³/mol. The summed E-state index contributed by atoms with van der Waals surface area (Å²) in [6.45, 7) is 1.80. The van der Waals surface area contributed by atoms with Crippen LogP contribution in [0, 0.1) is 5.92 Å². The quantitative estimate of drug-likeness (QED) is 0.471. The Morgan fingerprint density at radius 2 is 2.08 bits per heavy atom. The van der Waals surface area contributed by atoms with Crippen LogP contribution in [0.4, 0.5) is 0 Å². The van der Waals surface area contributed by atoms with E-state index in [1.165, 1.54) is 0 Å². The van der Waals surface area contributed by atoms with Crippen LogP contribution in [0.1, 0.15) is 26.2 Å². The van der Waals surface area contributed by atoms with Gasteiger partial charge in [-0.1, -0.05) is 13.3 Å². The second-order valence-corrected chi connectivity index (χ2v) is 2.52. The summed E-state index contributed by atoms with van der Waals surface area (Å²) in [6, 6.07) is 0. The zero-order valence-corrected chi connectivity index (χ0v) is 6.95. The van der Waals surface area contributed by atoms with E-state index >= 15 is 0 Å². The Morgan fingerprint density at radius 1 is 1.50 bits per heavy atom. The van der Waals surface area contributed by atoms with Gasteiger partial charge in [-0.25, -0.2) is 0 Å². The summed E-state index contributed by atoms with van der Waals surface area (Å²) in [5, 5.41) is 8.56. The van der Waals surface area contributed by atoms with Crippen molar-refractivity contribution in [2.75, 3.05) is 0 Å². The van der Waals surface area contributed by atoms with E-state index in [1.54, 1.807) is 6.92 Å². The van der Waals surface area contributed by atoms with Gasteiger partial charge in [-0.2, -0.15) is 0 Å².